The third-order valence-corrected chi connectivity index (χ3v) is 5.12. The summed E-state index contributed by atoms with van der Waals surface area (Å²) in [6.45, 7) is 3.08. The van der Waals surface area contributed by atoms with Crippen molar-refractivity contribution < 1.29 is 18.8 Å². The molecule has 1 N–H and O–H groups in total. The molecule has 8 heteroatoms. The topological polar surface area (TPSA) is 97.6 Å². The Kier molecular flexibility index (Phi) is 6.26. The van der Waals surface area contributed by atoms with E-state index in [4.69, 9.17) is 9.26 Å². The molecule has 0 spiro atoms. The second-order valence-corrected chi connectivity index (χ2v) is 7.22. The summed E-state index contributed by atoms with van der Waals surface area (Å²) in [6, 6.07) is 15.9. The first-order chi connectivity index (χ1) is 15.2. The number of hydrogen-bond donors (Lipinski definition) is 1. The van der Waals surface area contributed by atoms with Crippen LogP contribution in [0.2, 0.25) is 0 Å². The molecule has 2 amide bonds. The lowest BCUT2D eigenvalue weighted by Crippen LogP contribution is -2.45. The molecule has 31 heavy (non-hydrogen) atoms. The van der Waals surface area contributed by atoms with Gasteiger partial charge in [-0.2, -0.15) is 4.98 Å². The minimum Gasteiger partial charge on any atom is -0.494 e. The first kappa shape index (κ1) is 20.6. The van der Waals surface area contributed by atoms with Gasteiger partial charge in [-0.1, -0.05) is 29.4 Å². The first-order valence-electron chi connectivity index (χ1n) is 10.3. The number of nitrogens with one attached hydrogen (secondary N) is 1. The zero-order chi connectivity index (χ0) is 21.6. The van der Waals surface area contributed by atoms with Crippen molar-refractivity contribution in [3.05, 3.63) is 66.0 Å². The van der Waals surface area contributed by atoms with Gasteiger partial charge in [-0.05, 0) is 50.1 Å². The van der Waals surface area contributed by atoms with Gasteiger partial charge >= 0.3 is 0 Å². The van der Waals surface area contributed by atoms with Crippen molar-refractivity contribution in [3.63, 3.8) is 0 Å². The normalized spacial score (nSPS) is 15.6. The van der Waals surface area contributed by atoms with E-state index in [2.05, 4.69) is 15.5 Å². The number of rotatable bonds is 7. The van der Waals surface area contributed by atoms with Gasteiger partial charge in [-0.3, -0.25) is 9.59 Å². The highest BCUT2D eigenvalue weighted by Gasteiger charge is 2.34. The third kappa shape index (κ3) is 4.74. The molecule has 1 aromatic heterocycles. The Labute approximate surface area is 180 Å². The van der Waals surface area contributed by atoms with E-state index >= 15 is 0 Å². The molecule has 4 rings (SSSR count). The number of hydrogen-bond acceptors (Lipinski definition) is 6. The van der Waals surface area contributed by atoms with Crippen LogP contribution in [-0.4, -0.2) is 46.0 Å². The van der Waals surface area contributed by atoms with Crippen molar-refractivity contribution in [2.24, 2.45) is 0 Å². The summed E-state index contributed by atoms with van der Waals surface area (Å²) in [5, 5.41) is 6.76. The van der Waals surface area contributed by atoms with Crippen LogP contribution >= 0.6 is 0 Å². The van der Waals surface area contributed by atoms with E-state index in [0.29, 0.717) is 42.6 Å². The lowest BCUT2D eigenvalue weighted by Gasteiger charge is -2.24. The fraction of sp³-hybridized carbons (Fsp3) is 0.304. The van der Waals surface area contributed by atoms with Crippen molar-refractivity contribution in [2.45, 2.75) is 32.4 Å². The number of aromatic nitrogens is 2. The van der Waals surface area contributed by atoms with E-state index in [9.17, 15) is 9.59 Å². The fourth-order valence-electron chi connectivity index (χ4n) is 3.64. The van der Waals surface area contributed by atoms with Gasteiger partial charge in [0.1, 0.15) is 11.8 Å². The molecule has 0 radical (unpaired) electrons. The van der Waals surface area contributed by atoms with Crippen LogP contribution in [0.25, 0.3) is 11.5 Å². The predicted molar refractivity (Wildman–Crippen MR) is 113 cm³/mol. The molecule has 3 aromatic rings. The van der Waals surface area contributed by atoms with E-state index < -0.39 is 6.04 Å². The summed E-state index contributed by atoms with van der Waals surface area (Å²) in [5.41, 5.74) is 1.32. The summed E-state index contributed by atoms with van der Waals surface area (Å²) in [4.78, 5) is 31.7. The summed E-state index contributed by atoms with van der Waals surface area (Å²) in [5.74, 6) is 1.02. The molecule has 2 heterocycles. The number of ether oxygens (including phenoxy) is 1. The molecule has 0 saturated carbocycles. The van der Waals surface area contributed by atoms with Crippen molar-refractivity contribution in [1.82, 2.24) is 20.4 Å². The Morgan fingerprint density at radius 3 is 2.84 bits per heavy atom. The molecular weight excluding hydrogens is 396 g/mol. The van der Waals surface area contributed by atoms with Gasteiger partial charge in [0.15, 0.2) is 5.82 Å². The maximum absolute atomic E-state index is 13.0. The smallest absolute Gasteiger partial charge is 0.257 e. The molecular formula is C23H24N4O4. The minimum atomic E-state index is -0.524. The van der Waals surface area contributed by atoms with Crippen molar-refractivity contribution >= 4 is 11.8 Å². The molecule has 1 atom stereocenters. The number of carbonyl (C=O) groups excluding carboxylic acids is 2. The standard InChI is InChI=1S/C23H24N4O4/c1-2-30-18-11-6-10-17(14-18)23(29)27-13-7-12-19(27)21(28)24-15-20-25-22(31-26-20)16-8-4-3-5-9-16/h3-6,8-11,14,19H,2,7,12-13,15H2,1H3,(H,24,28). The number of amides is 2. The first-order valence-corrected chi connectivity index (χ1v) is 10.3. The van der Waals surface area contributed by atoms with Gasteiger partial charge in [0, 0.05) is 17.7 Å². The van der Waals surface area contributed by atoms with Gasteiger partial charge in [0.2, 0.25) is 5.91 Å². The zero-order valence-electron chi connectivity index (χ0n) is 17.3. The Hall–Kier alpha value is -3.68. The number of nitrogens with zero attached hydrogens (tertiary/aromatic N) is 3. The summed E-state index contributed by atoms with van der Waals surface area (Å²) in [7, 11) is 0. The molecule has 0 aliphatic carbocycles. The van der Waals surface area contributed by atoms with E-state index in [-0.39, 0.29) is 18.4 Å². The highest BCUT2D eigenvalue weighted by atomic mass is 16.5. The van der Waals surface area contributed by atoms with Gasteiger partial charge < -0.3 is 19.5 Å². The van der Waals surface area contributed by atoms with Gasteiger partial charge in [-0.25, -0.2) is 0 Å². The van der Waals surface area contributed by atoms with E-state index in [1.807, 2.05) is 43.3 Å². The molecule has 0 bridgehead atoms. The number of carbonyl (C=O) groups is 2. The molecule has 1 aliphatic rings. The van der Waals surface area contributed by atoms with Crippen LogP contribution in [0.1, 0.15) is 35.9 Å². The number of benzene rings is 2. The minimum absolute atomic E-state index is 0.132. The lowest BCUT2D eigenvalue weighted by atomic mass is 10.1. The average Bonchev–Trinajstić information content (AvgIpc) is 3.48. The number of likely N-dealkylation sites (tertiary alicyclic amines) is 1. The van der Waals surface area contributed by atoms with Crippen LogP contribution in [0.5, 0.6) is 5.75 Å². The highest BCUT2D eigenvalue weighted by Crippen LogP contribution is 2.23. The molecule has 160 valence electrons. The van der Waals surface area contributed by atoms with Crippen LogP contribution in [0.3, 0.4) is 0 Å². The Morgan fingerprint density at radius 1 is 1.19 bits per heavy atom. The van der Waals surface area contributed by atoms with Crippen molar-refractivity contribution in [1.29, 1.82) is 0 Å². The molecule has 1 saturated heterocycles. The fourth-order valence-corrected chi connectivity index (χ4v) is 3.64. The second-order valence-electron chi connectivity index (χ2n) is 7.22. The summed E-state index contributed by atoms with van der Waals surface area (Å²) in [6.07, 6.45) is 1.39. The molecule has 8 nitrogen and oxygen atoms in total. The SMILES string of the molecule is CCOc1cccc(C(=O)N2CCCC2C(=O)NCc2noc(-c3ccccc3)n2)c1. The average molecular weight is 420 g/mol. The van der Waals surface area contributed by atoms with Crippen LogP contribution in [0.15, 0.2) is 59.1 Å². The van der Waals surface area contributed by atoms with E-state index in [1.54, 1.807) is 23.1 Å². The maximum Gasteiger partial charge on any atom is 0.257 e. The molecule has 1 fully saturated rings. The van der Waals surface area contributed by atoms with Crippen LogP contribution in [0, 0.1) is 0 Å². The largest absolute Gasteiger partial charge is 0.494 e. The van der Waals surface area contributed by atoms with E-state index in [1.165, 1.54) is 0 Å². The lowest BCUT2D eigenvalue weighted by molar-refractivity contribution is -0.125. The van der Waals surface area contributed by atoms with Crippen LogP contribution in [0.4, 0.5) is 0 Å². The predicted octanol–water partition coefficient (Wildman–Crippen LogP) is 3.06. The Bertz CT molecular complexity index is 1050. The summed E-state index contributed by atoms with van der Waals surface area (Å²) < 4.78 is 10.8. The summed E-state index contributed by atoms with van der Waals surface area (Å²) >= 11 is 0. The molecule has 1 aliphatic heterocycles. The van der Waals surface area contributed by atoms with Gasteiger partial charge in [0.05, 0.1) is 13.2 Å². The van der Waals surface area contributed by atoms with Gasteiger partial charge in [0.25, 0.3) is 11.8 Å². The maximum atomic E-state index is 13.0. The Balaban J connectivity index is 1.38. The zero-order valence-corrected chi connectivity index (χ0v) is 17.3. The molecule has 2 aromatic carbocycles. The Morgan fingerprint density at radius 2 is 2.03 bits per heavy atom. The van der Waals surface area contributed by atoms with Gasteiger partial charge in [-0.15, -0.1) is 0 Å². The van der Waals surface area contributed by atoms with Crippen molar-refractivity contribution in [3.8, 4) is 17.2 Å². The quantitative estimate of drug-likeness (QED) is 0.631. The van der Waals surface area contributed by atoms with Crippen LogP contribution < -0.4 is 10.1 Å². The van der Waals surface area contributed by atoms with Crippen LogP contribution in [-0.2, 0) is 11.3 Å². The molecule has 1 unspecified atom stereocenters. The van der Waals surface area contributed by atoms with Crippen molar-refractivity contribution in [2.75, 3.05) is 13.2 Å². The third-order valence-electron chi connectivity index (χ3n) is 5.12. The second kappa shape index (κ2) is 9.42. The monoisotopic (exact) mass is 420 g/mol. The van der Waals surface area contributed by atoms with E-state index in [0.717, 1.165) is 12.0 Å². The highest BCUT2D eigenvalue weighted by molar-refractivity contribution is 5.98.